The molecule has 0 aromatic heterocycles. The second-order valence-corrected chi connectivity index (χ2v) is 3.84. The first-order chi connectivity index (χ1) is 5.63. The Morgan fingerprint density at radius 2 is 2.17 bits per heavy atom. The average Bonchev–Trinajstić information content (AvgIpc) is 2.01. The first kappa shape index (κ1) is 9.99. The Morgan fingerprint density at radius 1 is 1.50 bits per heavy atom. The molecule has 0 radical (unpaired) electrons. The molecular weight excluding hydrogens is 241 g/mol. The number of hydrogen-bond acceptors (Lipinski definition) is 2. The van der Waals surface area contributed by atoms with Crippen LogP contribution in [0.5, 0.6) is 0 Å². The van der Waals surface area contributed by atoms with Gasteiger partial charge in [-0.15, -0.1) is 0 Å². The summed E-state index contributed by atoms with van der Waals surface area (Å²) in [7, 11) is 0. The fourth-order valence-electron chi connectivity index (χ4n) is 0.895. The van der Waals surface area contributed by atoms with E-state index in [2.05, 4.69) is 15.9 Å². The summed E-state index contributed by atoms with van der Waals surface area (Å²) in [6.45, 7) is -0.0766. The molecule has 0 unspecified atom stereocenters. The molecule has 0 fully saturated rings. The minimum absolute atomic E-state index is 0.0766. The second kappa shape index (κ2) is 4.23. The van der Waals surface area contributed by atoms with E-state index in [1.165, 1.54) is 0 Å². The van der Waals surface area contributed by atoms with Gasteiger partial charge in [0.1, 0.15) is 0 Å². The zero-order valence-electron chi connectivity index (χ0n) is 6.30. The van der Waals surface area contributed by atoms with Gasteiger partial charge in [0, 0.05) is 9.50 Å². The van der Waals surface area contributed by atoms with Gasteiger partial charge in [0.15, 0.2) is 0 Å². The fourth-order valence-corrected chi connectivity index (χ4v) is 1.78. The lowest BCUT2D eigenvalue weighted by Gasteiger charge is -2.08. The molecule has 2 nitrogen and oxygen atoms in total. The number of rotatable bonds is 2. The summed E-state index contributed by atoms with van der Waals surface area (Å²) in [5, 5.41) is 9.40. The highest BCUT2D eigenvalue weighted by molar-refractivity contribution is 9.10. The van der Waals surface area contributed by atoms with Crippen LogP contribution in [0.1, 0.15) is 11.6 Å². The molecule has 1 aromatic rings. The number of halogens is 2. The average molecular weight is 251 g/mol. The summed E-state index contributed by atoms with van der Waals surface area (Å²) in [5.74, 6) is 0. The zero-order valence-corrected chi connectivity index (χ0v) is 8.64. The molecule has 66 valence electrons. The zero-order chi connectivity index (χ0) is 9.14. The molecular formula is C8H9BrClNO. The van der Waals surface area contributed by atoms with Crippen LogP contribution in [0, 0.1) is 0 Å². The maximum Gasteiger partial charge on any atom is 0.0624 e. The molecule has 0 heterocycles. The predicted molar refractivity (Wildman–Crippen MR) is 53.2 cm³/mol. The standard InChI is InChI=1S/C8H9BrClNO/c9-6-1-5(8(11)4-12)2-7(10)3-6/h1-3,8,12H,4,11H2/t8-/m0/s1. The lowest BCUT2D eigenvalue weighted by atomic mass is 10.1. The third kappa shape index (κ3) is 2.45. The van der Waals surface area contributed by atoms with Gasteiger partial charge in [-0.2, -0.15) is 0 Å². The minimum atomic E-state index is -0.361. The Hall–Kier alpha value is -0.0900. The monoisotopic (exact) mass is 249 g/mol. The van der Waals surface area contributed by atoms with Gasteiger partial charge in [-0.05, 0) is 23.8 Å². The lowest BCUT2D eigenvalue weighted by Crippen LogP contribution is -2.14. The van der Waals surface area contributed by atoms with Gasteiger partial charge in [0.05, 0.1) is 12.6 Å². The Bertz CT molecular complexity index is 260. The van der Waals surface area contributed by atoms with E-state index >= 15 is 0 Å². The van der Waals surface area contributed by atoms with E-state index in [4.69, 9.17) is 22.4 Å². The van der Waals surface area contributed by atoms with Crippen molar-refractivity contribution in [2.45, 2.75) is 6.04 Å². The molecule has 0 amide bonds. The molecule has 0 spiro atoms. The SMILES string of the molecule is N[C@@H](CO)c1cc(Cl)cc(Br)c1. The Kier molecular flexibility index (Phi) is 3.53. The molecule has 1 aromatic carbocycles. The molecule has 4 heteroatoms. The fraction of sp³-hybridized carbons (Fsp3) is 0.250. The molecule has 0 aliphatic rings. The van der Waals surface area contributed by atoms with Crippen molar-refractivity contribution in [3.8, 4) is 0 Å². The molecule has 3 N–H and O–H groups in total. The van der Waals surface area contributed by atoms with Crippen LogP contribution in [0.2, 0.25) is 5.02 Å². The molecule has 0 saturated carbocycles. The summed E-state index contributed by atoms with van der Waals surface area (Å²) >= 11 is 9.07. The Morgan fingerprint density at radius 3 is 2.67 bits per heavy atom. The Labute approximate surface area is 84.5 Å². The molecule has 0 saturated heterocycles. The van der Waals surface area contributed by atoms with Crippen molar-refractivity contribution in [3.05, 3.63) is 33.3 Å². The van der Waals surface area contributed by atoms with Gasteiger partial charge < -0.3 is 10.8 Å². The lowest BCUT2D eigenvalue weighted by molar-refractivity contribution is 0.268. The van der Waals surface area contributed by atoms with Crippen molar-refractivity contribution in [3.63, 3.8) is 0 Å². The summed E-state index contributed by atoms with van der Waals surface area (Å²) in [6, 6.07) is 5.00. The van der Waals surface area contributed by atoms with E-state index in [9.17, 15) is 0 Å². The number of nitrogens with two attached hydrogens (primary N) is 1. The van der Waals surface area contributed by atoms with Gasteiger partial charge in [0.25, 0.3) is 0 Å². The number of aliphatic hydroxyl groups excluding tert-OH is 1. The van der Waals surface area contributed by atoms with Gasteiger partial charge >= 0.3 is 0 Å². The maximum absolute atomic E-state index is 8.79. The van der Waals surface area contributed by atoms with E-state index < -0.39 is 0 Å². The van der Waals surface area contributed by atoms with Gasteiger partial charge in [-0.1, -0.05) is 27.5 Å². The summed E-state index contributed by atoms with van der Waals surface area (Å²) in [5.41, 5.74) is 6.43. The van der Waals surface area contributed by atoms with Crippen molar-refractivity contribution in [2.24, 2.45) is 5.73 Å². The summed E-state index contributed by atoms with van der Waals surface area (Å²) in [4.78, 5) is 0. The predicted octanol–water partition coefficient (Wildman–Crippen LogP) is 2.09. The van der Waals surface area contributed by atoms with Gasteiger partial charge in [0.2, 0.25) is 0 Å². The number of hydrogen-bond donors (Lipinski definition) is 2. The third-order valence-electron chi connectivity index (χ3n) is 1.51. The molecule has 1 atom stereocenters. The summed E-state index contributed by atoms with van der Waals surface area (Å²) < 4.78 is 0.869. The summed E-state index contributed by atoms with van der Waals surface area (Å²) in [6.07, 6.45) is 0. The highest BCUT2D eigenvalue weighted by Gasteiger charge is 2.05. The topological polar surface area (TPSA) is 46.2 Å². The van der Waals surface area contributed by atoms with Crippen molar-refractivity contribution in [1.29, 1.82) is 0 Å². The van der Waals surface area contributed by atoms with E-state index in [-0.39, 0.29) is 12.6 Å². The van der Waals surface area contributed by atoms with Crippen LogP contribution in [-0.4, -0.2) is 11.7 Å². The normalized spacial score (nSPS) is 13.0. The second-order valence-electron chi connectivity index (χ2n) is 2.49. The van der Waals surface area contributed by atoms with Crippen LogP contribution in [0.15, 0.2) is 22.7 Å². The molecule has 0 aliphatic heterocycles. The van der Waals surface area contributed by atoms with Crippen molar-refractivity contribution in [2.75, 3.05) is 6.61 Å². The first-order valence-corrected chi connectivity index (χ1v) is 4.63. The highest BCUT2D eigenvalue weighted by Crippen LogP contribution is 2.22. The van der Waals surface area contributed by atoms with Crippen molar-refractivity contribution in [1.82, 2.24) is 0 Å². The van der Waals surface area contributed by atoms with Gasteiger partial charge in [-0.25, -0.2) is 0 Å². The van der Waals surface area contributed by atoms with Crippen molar-refractivity contribution >= 4 is 27.5 Å². The van der Waals surface area contributed by atoms with Crippen LogP contribution in [-0.2, 0) is 0 Å². The van der Waals surface area contributed by atoms with Crippen molar-refractivity contribution < 1.29 is 5.11 Å². The van der Waals surface area contributed by atoms with E-state index in [1.54, 1.807) is 12.1 Å². The Balaban J connectivity index is 3.00. The molecule has 1 rings (SSSR count). The minimum Gasteiger partial charge on any atom is -0.394 e. The van der Waals surface area contributed by atoms with Gasteiger partial charge in [-0.3, -0.25) is 0 Å². The molecule has 12 heavy (non-hydrogen) atoms. The molecule has 0 bridgehead atoms. The molecule has 0 aliphatic carbocycles. The van der Waals surface area contributed by atoms with Crippen LogP contribution < -0.4 is 5.73 Å². The van der Waals surface area contributed by atoms with E-state index in [0.717, 1.165) is 10.0 Å². The largest absolute Gasteiger partial charge is 0.394 e. The van der Waals surface area contributed by atoms with Crippen LogP contribution >= 0.6 is 27.5 Å². The number of aliphatic hydroxyl groups is 1. The quantitative estimate of drug-likeness (QED) is 0.844. The van der Waals surface area contributed by atoms with Crippen LogP contribution in [0.25, 0.3) is 0 Å². The smallest absolute Gasteiger partial charge is 0.0624 e. The number of benzene rings is 1. The van der Waals surface area contributed by atoms with Crippen LogP contribution in [0.3, 0.4) is 0 Å². The third-order valence-corrected chi connectivity index (χ3v) is 2.19. The first-order valence-electron chi connectivity index (χ1n) is 3.46. The maximum atomic E-state index is 8.79. The van der Waals surface area contributed by atoms with E-state index in [0.29, 0.717) is 5.02 Å². The highest BCUT2D eigenvalue weighted by atomic mass is 79.9. The van der Waals surface area contributed by atoms with Crippen LogP contribution in [0.4, 0.5) is 0 Å². The van der Waals surface area contributed by atoms with E-state index in [1.807, 2.05) is 6.07 Å².